The lowest BCUT2D eigenvalue weighted by Gasteiger charge is -2.18. The molecule has 4 nitrogen and oxygen atoms in total. The van der Waals surface area contributed by atoms with Crippen LogP contribution in [0.15, 0.2) is 42.5 Å². The van der Waals surface area contributed by atoms with E-state index < -0.39 is 0 Å². The first-order valence-electron chi connectivity index (χ1n) is 6.14. The van der Waals surface area contributed by atoms with Crippen molar-refractivity contribution in [2.24, 2.45) is 0 Å². The van der Waals surface area contributed by atoms with Crippen LogP contribution in [0.2, 0.25) is 5.02 Å². The smallest absolute Gasteiger partial charge is 0.326 e. The molecule has 2 rings (SSSR count). The van der Waals surface area contributed by atoms with E-state index in [2.05, 4.69) is 5.32 Å². The van der Waals surface area contributed by atoms with Gasteiger partial charge >= 0.3 is 6.03 Å². The van der Waals surface area contributed by atoms with Gasteiger partial charge in [-0.25, -0.2) is 4.79 Å². The number of aryl methyl sites for hydroxylation is 1. The molecule has 3 N–H and O–H groups in total. The van der Waals surface area contributed by atoms with Crippen molar-refractivity contribution in [3.05, 3.63) is 53.1 Å². The summed E-state index contributed by atoms with van der Waals surface area (Å²) in [4.78, 5) is 13.6. The molecule has 0 aliphatic heterocycles. The highest BCUT2D eigenvalue weighted by atomic mass is 35.5. The van der Waals surface area contributed by atoms with Crippen LogP contribution in [-0.2, 0) is 0 Å². The first-order valence-corrected chi connectivity index (χ1v) is 6.51. The molecule has 0 bridgehead atoms. The molecule has 2 aromatic rings. The maximum Gasteiger partial charge on any atom is 0.326 e. The topological polar surface area (TPSA) is 58.4 Å². The number of halogens is 1. The summed E-state index contributed by atoms with van der Waals surface area (Å²) in [6.07, 6.45) is 0. The molecule has 5 heteroatoms. The first-order chi connectivity index (χ1) is 9.47. The minimum atomic E-state index is -0.241. The zero-order chi connectivity index (χ0) is 14.7. The predicted molar refractivity (Wildman–Crippen MR) is 84.5 cm³/mol. The third-order valence-corrected chi connectivity index (χ3v) is 3.42. The second kappa shape index (κ2) is 5.84. The fourth-order valence-corrected chi connectivity index (χ4v) is 1.87. The number of nitrogens with zero attached hydrogens (tertiary/aromatic N) is 1. The zero-order valence-corrected chi connectivity index (χ0v) is 12.1. The van der Waals surface area contributed by atoms with Crippen LogP contribution in [0.5, 0.6) is 0 Å². The molecule has 0 saturated carbocycles. The molecule has 0 aromatic heterocycles. The van der Waals surface area contributed by atoms with Gasteiger partial charge in [0.15, 0.2) is 0 Å². The minimum Gasteiger partial charge on any atom is -0.399 e. The quantitative estimate of drug-likeness (QED) is 0.824. The van der Waals surface area contributed by atoms with Crippen LogP contribution in [0.4, 0.5) is 21.9 Å². The molecule has 0 aliphatic carbocycles. The lowest BCUT2D eigenvalue weighted by atomic mass is 10.2. The summed E-state index contributed by atoms with van der Waals surface area (Å²) >= 11 is 6.03. The van der Waals surface area contributed by atoms with E-state index in [9.17, 15) is 4.79 Å². The molecule has 0 radical (unpaired) electrons. The maximum absolute atomic E-state index is 12.1. The number of nitrogens with two attached hydrogens (primary N) is 1. The number of nitrogen functional groups attached to an aromatic ring is 1. The van der Waals surface area contributed by atoms with Gasteiger partial charge in [0.25, 0.3) is 0 Å². The summed E-state index contributed by atoms with van der Waals surface area (Å²) in [6.45, 7) is 1.91. The summed E-state index contributed by atoms with van der Waals surface area (Å²) in [7, 11) is 1.69. The molecular weight excluding hydrogens is 274 g/mol. The van der Waals surface area contributed by atoms with Crippen LogP contribution in [0.1, 0.15) is 5.56 Å². The number of hydrogen-bond donors (Lipinski definition) is 2. The van der Waals surface area contributed by atoms with Crippen molar-refractivity contribution in [1.82, 2.24) is 0 Å². The van der Waals surface area contributed by atoms with Gasteiger partial charge in [0.2, 0.25) is 0 Å². The number of hydrogen-bond acceptors (Lipinski definition) is 2. The van der Waals surface area contributed by atoms with Gasteiger partial charge in [-0.3, -0.25) is 4.90 Å². The number of anilines is 3. The Kier molecular flexibility index (Phi) is 4.15. The normalized spacial score (nSPS) is 10.2. The average Bonchev–Trinajstić information content (AvgIpc) is 2.43. The molecule has 0 fully saturated rings. The molecule has 0 heterocycles. The van der Waals surface area contributed by atoms with E-state index in [0.29, 0.717) is 16.4 Å². The van der Waals surface area contributed by atoms with E-state index in [1.54, 1.807) is 37.4 Å². The van der Waals surface area contributed by atoms with Gasteiger partial charge in [-0.1, -0.05) is 17.7 Å². The highest BCUT2D eigenvalue weighted by Crippen LogP contribution is 2.21. The van der Waals surface area contributed by atoms with Gasteiger partial charge in [0.05, 0.1) is 0 Å². The Labute approximate surface area is 123 Å². The van der Waals surface area contributed by atoms with Crippen molar-refractivity contribution in [2.75, 3.05) is 23.0 Å². The Bertz CT molecular complexity index is 626. The first kappa shape index (κ1) is 14.2. The molecule has 2 amide bonds. The van der Waals surface area contributed by atoms with Crippen molar-refractivity contribution in [3.63, 3.8) is 0 Å². The maximum atomic E-state index is 12.1. The molecule has 0 spiro atoms. The van der Waals surface area contributed by atoms with E-state index in [1.165, 1.54) is 4.90 Å². The van der Waals surface area contributed by atoms with Crippen molar-refractivity contribution >= 4 is 34.7 Å². The van der Waals surface area contributed by atoms with Crippen LogP contribution in [0.3, 0.4) is 0 Å². The van der Waals surface area contributed by atoms with Gasteiger partial charge < -0.3 is 11.1 Å². The second-order valence-corrected chi connectivity index (χ2v) is 4.95. The number of carbonyl (C=O) groups excluding carboxylic acids is 1. The van der Waals surface area contributed by atoms with Crippen molar-refractivity contribution in [1.29, 1.82) is 0 Å². The molecule has 20 heavy (non-hydrogen) atoms. The van der Waals surface area contributed by atoms with Gasteiger partial charge in [-0.2, -0.15) is 0 Å². The van der Waals surface area contributed by atoms with Gasteiger partial charge in [-0.15, -0.1) is 0 Å². The predicted octanol–water partition coefficient (Wildman–Crippen LogP) is 3.90. The fourth-order valence-electron chi connectivity index (χ4n) is 1.69. The van der Waals surface area contributed by atoms with Crippen molar-refractivity contribution in [2.45, 2.75) is 6.92 Å². The summed E-state index contributed by atoms with van der Waals surface area (Å²) < 4.78 is 0. The Hall–Kier alpha value is -2.20. The summed E-state index contributed by atoms with van der Waals surface area (Å²) in [5.41, 5.74) is 8.67. The number of urea groups is 1. The number of amides is 2. The molecule has 104 valence electrons. The third-order valence-electron chi connectivity index (χ3n) is 3.01. The van der Waals surface area contributed by atoms with E-state index in [1.807, 2.05) is 19.1 Å². The van der Waals surface area contributed by atoms with Crippen molar-refractivity contribution < 1.29 is 4.79 Å². The van der Waals surface area contributed by atoms with Crippen LogP contribution in [0.25, 0.3) is 0 Å². The molecular formula is C15H16ClN3O. The van der Waals surface area contributed by atoms with E-state index in [0.717, 1.165) is 11.3 Å². The fraction of sp³-hybridized carbons (Fsp3) is 0.133. The summed E-state index contributed by atoms with van der Waals surface area (Å²) in [5, 5.41) is 3.42. The lowest BCUT2D eigenvalue weighted by Crippen LogP contribution is -2.31. The minimum absolute atomic E-state index is 0.241. The Morgan fingerprint density at radius 3 is 2.45 bits per heavy atom. The highest BCUT2D eigenvalue weighted by Gasteiger charge is 2.11. The Morgan fingerprint density at radius 2 is 1.85 bits per heavy atom. The molecule has 0 saturated heterocycles. The third kappa shape index (κ3) is 3.22. The largest absolute Gasteiger partial charge is 0.399 e. The van der Waals surface area contributed by atoms with Gasteiger partial charge in [0, 0.05) is 29.1 Å². The number of benzene rings is 2. The van der Waals surface area contributed by atoms with Crippen LogP contribution < -0.4 is 16.0 Å². The van der Waals surface area contributed by atoms with E-state index in [-0.39, 0.29) is 6.03 Å². The number of rotatable bonds is 2. The van der Waals surface area contributed by atoms with Crippen LogP contribution >= 0.6 is 11.6 Å². The number of nitrogens with one attached hydrogen (secondary N) is 1. The molecule has 0 atom stereocenters. The Balaban J connectivity index is 2.11. The van der Waals surface area contributed by atoms with Gasteiger partial charge in [-0.05, 0) is 48.9 Å². The van der Waals surface area contributed by atoms with E-state index >= 15 is 0 Å². The zero-order valence-electron chi connectivity index (χ0n) is 11.4. The van der Waals surface area contributed by atoms with E-state index in [4.69, 9.17) is 17.3 Å². The average molecular weight is 290 g/mol. The summed E-state index contributed by atoms with van der Waals surface area (Å²) in [5.74, 6) is 0. The molecule has 0 aliphatic rings. The lowest BCUT2D eigenvalue weighted by molar-refractivity contribution is 0.258. The van der Waals surface area contributed by atoms with Crippen LogP contribution in [0, 0.1) is 6.92 Å². The number of carbonyl (C=O) groups is 1. The summed E-state index contributed by atoms with van der Waals surface area (Å²) in [6, 6.07) is 12.2. The van der Waals surface area contributed by atoms with Crippen molar-refractivity contribution in [3.8, 4) is 0 Å². The monoisotopic (exact) mass is 289 g/mol. The SMILES string of the molecule is Cc1ccc(NC(=O)N(C)c2ccc(N)cc2)cc1Cl. The molecule has 0 unspecified atom stereocenters. The Morgan fingerprint density at radius 1 is 1.20 bits per heavy atom. The standard InChI is InChI=1S/C15H16ClN3O/c1-10-3-6-12(9-14(10)16)18-15(20)19(2)13-7-4-11(17)5-8-13/h3-9H,17H2,1-2H3,(H,18,20). The van der Waals surface area contributed by atoms with Crippen LogP contribution in [-0.4, -0.2) is 13.1 Å². The second-order valence-electron chi connectivity index (χ2n) is 4.54. The molecule has 2 aromatic carbocycles. The highest BCUT2D eigenvalue weighted by molar-refractivity contribution is 6.31. The van der Waals surface area contributed by atoms with Gasteiger partial charge in [0.1, 0.15) is 0 Å².